The molecule has 0 fully saturated rings. The summed E-state index contributed by atoms with van der Waals surface area (Å²) in [6, 6.07) is 1.06. The highest BCUT2D eigenvalue weighted by Gasteiger charge is 2.18. The van der Waals surface area contributed by atoms with Gasteiger partial charge in [0.25, 0.3) is 5.24 Å². The summed E-state index contributed by atoms with van der Waals surface area (Å²) in [7, 11) is 0. The van der Waals surface area contributed by atoms with Crippen LogP contribution >= 0.6 is 11.6 Å². The third-order valence-electron chi connectivity index (χ3n) is 1.49. The molecule has 0 atom stereocenters. The third kappa shape index (κ3) is 1.88. The number of aromatic carboxylic acids is 1. The Balaban J connectivity index is 3.39. The van der Waals surface area contributed by atoms with Crippen LogP contribution in [0.4, 0.5) is 8.78 Å². The van der Waals surface area contributed by atoms with Crippen molar-refractivity contribution in [2.24, 2.45) is 0 Å². The van der Waals surface area contributed by atoms with Crippen LogP contribution in [0.25, 0.3) is 0 Å². The monoisotopic (exact) mass is 220 g/mol. The molecule has 3 nitrogen and oxygen atoms in total. The van der Waals surface area contributed by atoms with Crippen molar-refractivity contribution in [3.8, 4) is 0 Å². The predicted molar refractivity (Wildman–Crippen MR) is 43.5 cm³/mol. The smallest absolute Gasteiger partial charge is 0.335 e. The van der Waals surface area contributed by atoms with E-state index in [2.05, 4.69) is 0 Å². The second-order valence-corrected chi connectivity index (χ2v) is 2.74. The van der Waals surface area contributed by atoms with Gasteiger partial charge in [0, 0.05) is 0 Å². The molecule has 1 aromatic rings. The molecule has 0 radical (unpaired) electrons. The first-order valence-electron chi connectivity index (χ1n) is 3.35. The molecular weight excluding hydrogens is 218 g/mol. The zero-order valence-electron chi connectivity index (χ0n) is 6.55. The van der Waals surface area contributed by atoms with E-state index in [-0.39, 0.29) is 0 Å². The number of rotatable bonds is 2. The molecule has 0 aliphatic rings. The maximum absolute atomic E-state index is 12.9. The van der Waals surface area contributed by atoms with Gasteiger partial charge in [-0.05, 0) is 23.7 Å². The number of carbonyl (C=O) groups is 2. The molecule has 1 aromatic carbocycles. The average molecular weight is 221 g/mol. The van der Waals surface area contributed by atoms with Crippen LogP contribution < -0.4 is 0 Å². The van der Waals surface area contributed by atoms with Gasteiger partial charge in [-0.1, -0.05) is 0 Å². The van der Waals surface area contributed by atoms with E-state index in [1.54, 1.807) is 0 Å². The number of hydrogen-bond acceptors (Lipinski definition) is 2. The molecule has 74 valence electrons. The van der Waals surface area contributed by atoms with Gasteiger partial charge in [-0.2, -0.15) is 0 Å². The van der Waals surface area contributed by atoms with Crippen molar-refractivity contribution in [1.29, 1.82) is 0 Å². The highest BCUT2D eigenvalue weighted by atomic mass is 35.5. The van der Waals surface area contributed by atoms with Crippen LogP contribution in [-0.2, 0) is 0 Å². The molecule has 0 aromatic heterocycles. The standard InChI is InChI=1S/C8H3ClF2O3/c9-7(12)6-4(10)1-3(8(13)14)2-5(6)11/h1-2H,(H,13,14). The molecule has 0 spiro atoms. The van der Waals surface area contributed by atoms with Crippen LogP contribution in [0.1, 0.15) is 20.7 Å². The van der Waals surface area contributed by atoms with E-state index >= 15 is 0 Å². The van der Waals surface area contributed by atoms with Gasteiger partial charge in [-0.3, -0.25) is 4.79 Å². The van der Waals surface area contributed by atoms with Crippen LogP contribution in [-0.4, -0.2) is 16.3 Å². The van der Waals surface area contributed by atoms with Crippen molar-refractivity contribution in [2.45, 2.75) is 0 Å². The zero-order chi connectivity index (χ0) is 10.9. The Morgan fingerprint density at radius 1 is 1.21 bits per heavy atom. The molecule has 14 heavy (non-hydrogen) atoms. The highest BCUT2D eigenvalue weighted by Crippen LogP contribution is 2.17. The normalized spacial score (nSPS) is 9.93. The largest absolute Gasteiger partial charge is 0.478 e. The fraction of sp³-hybridized carbons (Fsp3) is 0. The van der Waals surface area contributed by atoms with E-state index < -0.39 is 34.0 Å². The fourth-order valence-corrected chi connectivity index (χ4v) is 1.06. The summed E-state index contributed by atoms with van der Waals surface area (Å²) >= 11 is 4.88. The lowest BCUT2D eigenvalue weighted by Crippen LogP contribution is -2.05. The molecule has 0 heterocycles. The first-order chi connectivity index (χ1) is 6.43. The van der Waals surface area contributed by atoms with Crippen LogP contribution in [0.2, 0.25) is 0 Å². The number of benzene rings is 1. The molecule has 0 aliphatic carbocycles. The number of carbonyl (C=O) groups excluding carboxylic acids is 1. The van der Waals surface area contributed by atoms with Gasteiger partial charge in [0.05, 0.1) is 5.56 Å². The summed E-state index contributed by atoms with van der Waals surface area (Å²) in [6.07, 6.45) is 0. The summed E-state index contributed by atoms with van der Waals surface area (Å²) in [5, 5.41) is 7.10. The Labute approximate surface area is 81.9 Å². The third-order valence-corrected chi connectivity index (χ3v) is 1.67. The molecule has 1 rings (SSSR count). The number of hydrogen-bond donors (Lipinski definition) is 1. The lowest BCUT2D eigenvalue weighted by atomic mass is 10.1. The second kappa shape index (κ2) is 3.71. The van der Waals surface area contributed by atoms with E-state index in [4.69, 9.17) is 16.7 Å². The summed E-state index contributed by atoms with van der Waals surface area (Å²) < 4.78 is 25.8. The maximum Gasteiger partial charge on any atom is 0.335 e. The molecule has 0 aliphatic heterocycles. The van der Waals surface area contributed by atoms with Gasteiger partial charge in [0.1, 0.15) is 17.2 Å². The minimum Gasteiger partial charge on any atom is -0.478 e. The lowest BCUT2D eigenvalue weighted by molar-refractivity contribution is 0.0695. The summed E-state index contributed by atoms with van der Waals surface area (Å²) in [6.45, 7) is 0. The van der Waals surface area contributed by atoms with E-state index in [9.17, 15) is 18.4 Å². The van der Waals surface area contributed by atoms with Gasteiger partial charge < -0.3 is 5.11 Å². The van der Waals surface area contributed by atoms with Crippen molar-refractivity contribution in [1.82, 2.24) is 0 Å². The van der Waals surface area contributed by atoms with Crippen molar-refractivity contribution in [3.05, 3.63) is 34.9 Å². The van der Waals surface area contributed by atoms with Gasteiger partial charge in [0.15, 0.2) is 0 Å². The quantitative estimate of drug-likeness (QED) is 0.776. The summed E-state index contributed by atoms with van der Waals surface area (Å²) in [5.41, 5.74) is -1.53. The Hall–Kier alpha value is -1.49. The first-order valence-corrected chi connectivity index (χ1v) is 3.73. The Kier molecular flexibility index (Phi) is 2.81. The van der Waals surface area contributed by atoms with Crippen molar-refractivity contribution in [2.75, 3.05) is 0 Å². The van der Waals surface area contributed by atoms with E-state index in [0.29, 0.717) is 12.1 Å². The minimum atomic E-state index is -1.49. The van der Waals surface area contributed by atoms with Gasteiger partial charge in [0.2, 0.25) is 0 Å². The van der Waals surface area contributed by atoms with Crippen molar-refractivity contribution >= 4 is 22.8 Å². The minimum absolute atomic E-state index is 0.529. The average Bonchev–Trinajstić information content (AvgIpc) is 2.01. The van der Waals surface area contributed by atoms with Gasteiger partial charge >= 0.3 is 5.97 Å². The fourth-order valence-electron chi connectivity index (χ4n) is 0.884. The van der Waals surface area contributed by atoms with Crippen LogP contribution in [0.5, 0.6) is 0 Å². The molecule has 1 N–H and O–H groups in total. The second-order valence-electron chi connectivity index (χ2n) is 2.39. The molecule has 0 unspecified atom stereocenters. The SMILES string of the molecule is O=C(O)c1cc(F)c(C(=O)Cl)c(F)c1. The van der Waals surface area contributed by atoms with Gasteiger partial charge in [-0.15, -0.1) is 0 Å². The van der Waals surface area contributed by atoms with Crippen LogP contribution in [0.3, 0.4) is 0 Å². The predicted octanol–water partition coefficient (Wildman–Crippen LogP) is 2.04. The van der Waals surface area contributed by atoms with Crippen molar-refractivity contribution < 1.29 is 23.5 Å². The van der Waals surface area contributed by atoms with E-state index in [0.717, 1.165) is 0 Å². The van der Waals surface area contributed by atoms with Crippen LogP contribution in [0.15, 0.2) is 12.1 Å². The maximum atomic E-state index is 12.9. The van der Waals surface area contributed by atoms with E-state index in [1.165, 1.54) is 0 Å². The Bertz CT molecular complexity index is 394. The summed E-state index contributed by atoms with van der Waals surface area (Å²) in [5.74, 6) is -4.07. The number of halogens is 3. The topological polar surface area (TPSA) is 54.4 Å². The molecule has 0 saturated heterocycles. The highest BCUT2D eigenvalue weighted by molar-refractivity contribution is 6.67. The van der Waals surface area contributed by atoms with Crippen LogP contribution in [0, 0.1) is 11.6 Å². The Morgan fingerprint density at radius 2 is 1.64 bits per heavy atom. The Morgan fingerprint density at radius 3 is 1.93 bits per heavy atom. The molecule has 6 heteroatoms. The molecular formula is C8H3ClF2O3. The molecule has 0 bridgehead atoms. The van der Waals surface area contributed by atoms with Crippen molar-refractivity contribution in [3.63, 3.8) is 0 Å². The first kappa shape index (κ1) is 10.6. The lowest BCUT2D eigenvalue weighted by Gasteiger charge is -2.00. The molecule has 0 saturated carbocycles. The summed E-state index contributed by atoms with van der Waals surface area (Å²) in [4.78, 5) is 20.8. The molecule has 0 amide bonds. The zero-order valence-corrected chi connectivity index (χ0v) is 7.31. The number of carboxylic acids is 1. The number of carboxylic acid groups (broad SMARTS) is 1. The van der Waals surface area contributed by atoms with Gasteiger partial charge in [-0.25, -0.2) is 13.6 Å². The van der Waals surface area contributed by atoms with E-state index in [1.807, 2.05) is 0 Å².